The third kappa shape index (κ3) is 5.50. The van der Waals surface area contributed by atoms with Crippen LogP contribution in [0.4, 0.5) is 38.0 Å². The van der Waals surface area contributed by atoms with Gasteiger partial charge in [-0.05, 0) is 60.8 Å². The van der Waals surface area contributed by atoms with Crippen LogP contribution in [0.5, 0.6) is 0 Å². The quantitative estimate of drug-likeness (QED) is 0.180. The molecule has 0 radical (unpaired) electrons. The molecule has 0 saturated carbocycles. The molecule has 282 valence electrons. The predicted molar refractivity (Wildman–Crippen MR) is 188 cm³/mol. The van der Waals surface area contributed by atoms with Gasteiger partial charge in [0.15, 0.2) is 23.2 Å². The van der Waals surface area contributed by atoms with E-state index >= 15 is 0 Å². The molecule has 0 fully saturated rings. The van der Waals surface area contributed by atoms with Crippen molar-refractivity contribution in [2.24, 2.45) is 10.8 Å². The van der Waals surface area contributed by atoms with Gasteiger partial charge in [-0.3, -0.25) is 19.4 Å². The summed E-state index contributed by atoms with van der Waals surface area (Å²) in [6.07, 6.45) is -4.77. The fourth-order valence-corrected chi connectivity index (χ4v) is 9.32. The zero-order chi connectivity index (χ0) is 38.8. The van der Waals surface area contributed by atoms with E-state index in [0.29, 0.717) is 69.3 Å². The Balaban J connectivity index is 1.19. The van der Waals surface area contributed by atoms with Crippen molar-refractivity contribution in [2.75, 3.05) is 10.6 Å². The molecule has 0 amide bonds. The van der Waals surface area contributed by atoms with E-state index in [-0.39, 0.29) is 36.4 Å². The number of fused-ring (bicyclic) bond motifs is 2. The van der Waals surface area contributed by atoms with Crippen molar-refractivity contribution in [3.63, 3.8) is 0 Å². The van der Waals surface area contributed by atoms with Crippen molar-refractivity contribution in [3.8, 4) is 0 Å². The van der Waals surface area contributed by atoms with Gasteiger partial charge in [-0.25, -0.2) is 0 Å². The summed E-state index contributed by atoms with van der Waals surface area (Å²) in [4.78, 5) is 28.3. The molecule has 2 aromatic carbocycles. The molecule has 54 heavy (non-hydrogen) atoms. The summed E-state index contributed by atoms with van der Waals surface area (Å²) in [5, 5.41) is 18.6. The molecule has 2 aliphatic carbocycles. The number of alkyl halides is 6. The molecule has 0 saturated heterocycles. The van der Waals surface area contributed by atoms with Crippen LogP contribution in [0.1, 0.15) is 93.7 Å². The van der Waals surface area contributed by atoms with Crippen LogP contribution in [0.25, 0.3) is 0 Å². The van der Waals surface area contributed by atoms with Gasteiger partial charge in [0.2, 0.25) is 0 Å². The Hall–Kier alpha value is -5.14. The van der Waals surface area contributed by atoms with Gasteiger partial charge < -0.3 is 10.6 Å². The fourth-order valence-electron chi connectivity index (χ4n) is 9.32. The van der Waals surface area contributed by atoms with Crippen molar-refractivity contribution in [3.05, 3.63) is 117 Å². The van der Waals surface area contributed by atoms with Gasteiger partial charge in [-0.15, -0.1) is 0 Å². The number of anilines is 2. The molecule has 2 aliphatic heterocycles. The topological polar surface area (TPSA) is 105 Å². The molecule has 2 aromatic heterocycles. The third-order valence-corrected chi connectivity index (χ3v) is 11.7. The predicted octanol–water partition coefficient (Wildman–Crippen LogP) is 9.07. The highest BCUT2D eigenvalue weighted by molar-refractivity contribution is 6.03. The summed E-state index contributed by atoms with van der Waals surface area (Å²) in [7, 11) is 0. The van der Waals surface area contributed by atoms with E-state index in [1.807, 2.05) is 20.8 Å². The standard InChI is InChI=1S/C40H38F6N6O2/c1-35(2)14-27-31(29(53)16-35)38(5,22-9-7-11-24(13-22)40(44,45)46)26-19-52(51-34(26)49-27)20-36(3)15-28-32(30(54)17-36)37(4,25-18-47-50-33(25)48-28)21-8-6-10-23(12-21)39(41,42)43/h6-13,18-19H,14-17,20H2,1-5H3,(H,49,51)(H2,47,48,50)/t36?,37?,38-/m0/s1. The van der Waals surface area contributed by atoms with Crippen LogP contribution in [0.3, 0.4) is 0 Å². The van der Waals surface area contributed by atoms with E-state index in [0.717, 1.165) is 24.3 Å². The van der Waals surface area contributed by atoms with Crippen LogP contribution >= 0.6 is 0 Å². The molecule has 0 bridgehead atoms. The average molecular weight is 749 g/mol. The number of benzene rings is 2. The van der Waals surface area contributed by atoms with Crippen molar-refractivity contribution in [1.29, 1.82) is 0 Å². The second kappa shape index (κ2) is 11.4. The summed E-state index contributed by atoms with van der Waals surface area (Å²) in [5.41, 5.74) is -1.65. The zero-order valence-corrected chi connectivity index (χ0v) is 30.2. The fraction of sp³-hybridized carbons (Fsp3) is 0.400. The van der Waals surface area contributed by atoms with Crippen LogP contribution in [0, 0.1) is 10.8 Å². The number of H-pyrrole nitrogens is 1. The van der Waals surface area contributed by atoms with Gasteiger partial charge in [0, 0.05) is 65.4 Å². The SMILES string of the molecule is CC1(C)CC(=O)C2=C(C1)Nc1nn(CC3(C)CC(=O)C4=C(C3)Nc3n[nH]cc3C4(C)c3cccc(C(F)(F)F)c3)cc1[C@]2(C)c1cccc(C(F)(F)F)c1. The van der Waals surface area contributed by atoms with E-state index in [9.17, 15) is 35.9 Å². The second-order valence-corrected chi connectivity index (χ2v) is 16.6. The first-order chi connectivity index (χ1) is 25.1. The number of rotatable bonds is 4. The smallest absolute Gasteiger partial charge is 0.342 e. The lowest BCUT2D eigenvalue weighted by atomic mass is 9.61. The highest BCUT2D eigenvalue weighted by Gasteiger charge is 2.52. The number of allylic oxidation sites excluding steroid dienone is 4. The van der Waals surface area contributed by atoms with Crippen LogP contribution < -0.4 is 10.6 Å². The number of hydrogen-bond donors (Lipinski definition) is 3. The lowest BCUT2D eigenvalue weighted by Crippen LogP contribution is -2.43. The summed E-state index contributed by atoms with van der Waals surface area (Å²) >= 11 is 0. The Labute approximate surface area is 307 Å². The number of aromatic amines is 1. The molecule has 4 aromatic rings. The second-order valence-electron chi connectivity index (χ2n) is 16.6. The summed E-state index contributed by atoms with van der Waals surface area (Å²) in [6, 6.07) is 10.1. The molecular weight excluding hydrogens is 710 g/mol. The van der Waals surface area contributed by atoms with E-state index < -0.39 is 39.7 Å². The minimum Gasteiger partial charge on any atom is -0.342 e. The Morgan fingerprint density at radius 1 is 0.704 bits per heavy atom. The highest BCUT2D eigenvalue weighted by Crippen LogP contribution is 2.55. The maximum Gasteiger partial charge on any atom is 0.416 e. The summed E-state index contributed by atoms with van der Waals surface area (Å²) in [6.45, 7) is 9.59. The van der Waals surface area contributed by atoms with Gasteiger partial charge in [-0.2, -0.15) is 36.5 Å². The van der Waals surface area contributed by atoms with Gasteiger partial charge in [0.1, 0.15) is 0 Å². The van der Waals surface area contributed by atoms with E-state index in [4.69, 9.17) is 5.10 Å². The van der Waals surface area contributed by atoms with Gasteiger partial charge in [0.25, 0.3) is 0 Å². The number of Topliss-reactive ketones (excluding diaryl/α,β-unsaturated/α-hetero) is 2. The number of ketones is 2. The number of carbonyl (C=O) groups is 2. The largest absolute Gasteiger partial charge is 0.416 e. The van der Waals surface area contributed by atoms with E-state index in [2.05, 4.69) is 20.8 Å². The van der Waals surface area contributed by atoms with Crippen LogP contribution in [-0.4, -0.2) is 31.5 Å². The van der Waals surface area contributed by atoms with Crippen molar-refractivity contribution < 1.29 is 35.9 Å². The molecule has 3 atom stereocenters. The molecule has 8 nitrogen and oxygen atoms in total. The zero-order valence-electron chi connectivity index (χ0n) is 30.2. The minimum atomic E-state index is -4.60. The number of aromatic nitrogens is 4. The minimum absolute atomic E-state index is 0.0412. The molecular formula is C40H38F6N6O2. The molecule has 4 heterocycles. The Bertz CT molecular complexity index is 2330. The third-order valence-electron chi connectivity index (χ3n) is 11.7. The molecule has 4 aliphatic rings. The van der Waals surface area contributed by atoms with Gasteiger partial charge in [0.05, 0.1) is 22.0 Å². The lowest BCUT2D eigenvalue weighted by Gasteiger charge is -2.44. The van der Waals surface area contributed by atoms with E-state index in [1.165, 1.54) is 12.1 Å². The molecule has 2 unspecified atom stereocenters. The maximum atomic E-state index is 14.4. The Morgan fingerprint density at radius 2 is 1.24 bits per heavy atom. The maximum absolute atomic E-state index is 14.4. The first-order valence-electron chi connectivity index (χ1n) is 17.7. The number of nitrogens with zero attached hydrogens (tertiary/aromatic N) is 3. The van der Waals surface area contributed by atoms with Crippen molar-refractivity contribution in [1.82, 2.24) is 20.0 Å². The first kappa shape index (κ1) is 35.9. The highest BCUT2D eigenvalue weighted by atomic mass is 19.4. The van der Waals surface area contributed by atoms with Crippen molar-refractivity contribution in [2.45, 2.75) is 90.0 Å². The lowest BCUT2D eigenvalue weighted by molar-refractivity contribution is -0.138. The summed E-state index contributed by atoms with van der Waals surface area (Å²) < 4.78 is 85.3. The Morgan fingerprint density at radius 3 is 1.83 bits per heavy atom. The van der Waals surface area contributed by atoms with Crippen LogP contribution in [-0.2, 0) is 39.3 Å². The molecule has 8 rings (SSSR count). The number of carbonyl (C=O) groups excluding carboxylic acids is 2. The number of halogens is 6. The number of nitrogens with one attached hydrogen (secondary N) is 3. The average Bonchev–Trinajstić information content (AvgIpc) is 3.70. The molecule has 0 spiro atoms. The Kier molecular flexibility index (Phi) is 7.60. The van der Waals surface area contributed by atoms with Crippen LogP contribution in [0.2, 0.25) is 0 Å². The van der Waals surface area contributed by atoms with Gasteiger partial charge in [-0.1, -0.05) is 57.2 Å². The first-order valence-corrected chi connectivity index (χ1v) is 17.7. The number of hydrogen-bond acceptors (Lipinski definition) is 6. The van der Waals surface area contributed by atoms with E-state index in [1.54, 1.807) is 43.1 Å². The molecule has 3 N–H and O–H groups in total. The van der Waals surface area contributed by atoms with Crippen LogP contribution in [0.15, 0.2) is 83.5 Å². The monoisotopic (exact) mass is 748 g/mol. The summed E-state index contributed by atoms with van der Waals surface area (Å²) in [5.74, 6) is 0.428. The normalized spacial score (nSPS) is 26.4. The van der Waals surface area contributed by atoms with Gasteiger partial charge >= 0.3 is 12.4 Å². The molecule has 14 heteroatoms. The van der Waals surface area contributed by atoms with Crippen molar-refractivity contribution >= 4 is 23.2 Å².